The number of hydrogen-bond acceptors (Lipinski definition) is 5. The van der Waals surface area contributed by atoms with Crippen LogP contribution in [0.2, 0.25) is 0 Å². The molecule has 0 aliphatic carbocycles. The van der Waals surface area contributed by atoms with Crippen molar-refractivity contribution in [2.75, 3.05) is 0 Å². The number of carbonyl (C=O) groups excluding carboxylic acids is 3. The SMILES string of the molecule is CC(C(=O)Oc1cccc(/C=C(/C#N)c2ccccc2)c1)N1C(=O)c2ccccc2C1=O. The predicted molar refractivity (Wildman–Crippen MR) is 118 cm³/mol. The summed E-state index contributed by atoms with van der Waals surface area (Å²) in [7, 11) is 0. The van der Waals surface area contributed by atoms with Crippen molar-refractivity contribution in [3.8, 4) is 11.8 Å². The summed E-state index contributed by atoms with van der Waals surface area (Å²) in [6, 6.07) is 23.5. The van der Waals surface area contributed by atoms with Crippen molar-refractivity contribution in [3.05, 3.63) is 101 Å². The summed E-state index contributed by atoms with van der Waals surface area (Å²) in [5, 5.41) is 9.50. The maximum atomic E-state index is 12.7. The number of hydrogen-bond donors (Lipinski definition) is 0. The maximum Gasteiger partial charge on any atom is 0.334 e. The van der Waals surface area contributed by atoms with E-state index in [2.05, 4.69) is 6.07 Å². The summed E-state index contributed by atoms with van der Waals surface area (Å²) in [6.45, 7) is 1.46. The van der Waals surface area contributed by atoms with Crippen molar-refractivity contribution in [1.29, 1.82) is 5.26 Å². The van der Waals surface area contributed by atoms with Gasteiger partial charge in [-0.25, -0.2) is 4.79 Å². The van der Waals surface area contributed by atoms with E-state index >= 15 is 0 Å². The van der Waals surface area contributed by atoms with Gasteiger partial charge in [-0.1, -0.05) is 54.6 Å². The van der Waals surface area contributed by atoms with Gasteiger partial charge in [0.15, 0.2) is 0 Å². The minimum atomic E-state index is -1.10. The van der Waals surface area contributed by atoms with Crippen LogP contribution >= 0.6 is 0 Å². The molecule has 0 radical (unpaired) electrons. The van der Waals surface area contributed by atoms with E-state index in [0.717, 1.165) is 10.5 Å². The molecular formula is C26H18N2O4. The molecule has 0 N–H and O–H groups in total. The summed E-state index contributed by atoms with van der Waals surface area (Å²) in [6.07, 6.45) is 1.69. The van der Waals surface area contributed by atoms with Crippen LogP contribution in [0, 0.1) is 11.3 Å². The largest absolute Gasteiger partial charge is 0.425 e. The van der Waals surface area contributed by atoms with Crippen LogP contribution < -0.4 is 4.74 Å². The van der Waals surface area contributed by atoms with Gasteiger partial charge < -0.3 is 4.74 Å². The molecule has 2 amide bonds. The highest BCUT2D eigenvalue weighted by Gasteiger charge is 2.41. The highest BCUT2D eigenvalue weighted by molar-refractivity contribution is 6.22. The molecule has 3 aromatic rings. The lowest BCUT2D eigenvalue weighted by molar-refractivity contribution is -0.138. The molecule has 1 heterocycles. The first-order chi connectivity index (χ1) is 15.5. The molecule has 0 fully saturated rings. The Balaban J connectivity index is 1.52. The summed E-state index contributed by atoms with van der Waals surface area (Å²) < 4.78 is 5.45. The van der Waals surface area contributed by atoms with Gasteiger partial charge in [0.25, 0.3) is 11.8 Å². The zero-order valence-electron chi connectivity index (χ0n) is 17.2. The number of nitriles is 1. The highest BCUT2D eigenvalue weighted by atomic mass is 16.5. The molecule has 0 saturated heterocycles. The molecule has 0 saturated carbocycles. The van der Waals surface area contributed by atoms with Gasteiger partial charge in [-0.15, -0.1) is 0 Å². The van der Waals surface area contributed by atoms with Gasteiger partial charge in [0.1, 0.15) is 11.8 Å². The van der Waals surface area contributed by atoms with Crippen LogP contribution in [0.15, 0.2) is 78.9 Å². The molecule has 6 nitrogen and oxygen atoms in total. The number of fused-ring (bicyclic) bond motifs is 1. The van der Waals surface area contributed by atoms with E-state index in [4.69, 9.17) is 4.74 Å². The van der Waals surface area contributed by atoms with Crippen LogP contribution in [-0.4, -0.2) is 28.7 Å². The molecule has 1 unspecified atom stereocenters. The van der Waals surface area contributed by atoms with Crippen molar-refractivity contribution in [3.63, 3.8) is 0 Å². The van der Waals surface area contributed by atoms with Crippen LogP contribution in [0.1, 0.15) is 38.8 Å². The third-order valence-corrected chi connectivity index (χ3v) is 5.15. The Kier molecular flexibility index (Phi) is 5.65. The number of carbonyl (C=O) groups is 3. The van der Waals surface area contributed by atoms with Crippen LogP contribution in [-0.2, 0) is 4.79 Å². The minimum Gasteiger partial charge on any atom is -0.425 e. The zero-order chi connectivity index (χ0) is 22.7. The Bertz CT molecular complexity index is 1250. The van der Waals surface area contributed by atoms with Crippen LogP contribution in [0.5, 0.6) is 5.75 Å². The van der Waals surface area contributed by atoms with Crippen LogP contribution in [0.3, 0.4) is 0 Å². The minimum absolute atomic E-state index is 0.248. The molecule has 1 aliphatic rings. The standard InChI is InChI=1S/C26H18N2O4/c1-17(28-24(29)22-12-5-6-13-23(22)25(28)30)26(31)32-21-11-7-8-18(15-21)14-20(16-27)19-9-3-2-4-10-19/h2-15,17H,1H3/b20-14-. The quantitative estimate of drug-likeness (QED) is 0.201. The fourth-order valence-electron chi connectivity index (χ4n) is 3.50. The Labute approximate surface area is 185 Å². The van der Waals surface area contributed by atoms with Gasteiger partial charge in [-0.05, 0) is 48.4 Å². The van der Waals surface area contributed by atoms with E-state index in [1.807, 2.05) is 30.3 Å². The number of benzene rings is 3. The summed E-state index contributed by atoms with van der Waals surface area (Å²) in [4.78, 5) is 38.8. The van der Waals surface area contributed by atoms with E-state index in [1.165, 1.54) is 6.92 Å². The average molecular weight is 422 g/mol. The summed E-state index contributed by atoms with van der Waals surface area (Å²) in [5.41, 5.74) is 2.46. The molecular weight excluding hydrogens is 404 g/mol. The lowest BCUT2D eigenvalue weighted by Crippen LogP contribution is -2.44. The van der Waals surface area contributed by atoms with Crippen molar-refractivity contribution in [1.82, 2.24) is 4.90 Å². The number of imide groups is 1. The number of amides is 2. The predicted octanol–water partition coefficient (Wildman–Crippen LogP) is 4.34. The Morgan fingerprint density at radius 1 is 0.938 bits per heavy atom. The number of nitrogens with zero attached hydrogens (tertiary/aromatic N) is 2. The van der Waals surface area contributed by atoms with Gasteiger partial charge in [0.05, 0.1) is 22.8 Å². The smallest absolute Gasteiger partial charge is 0.334 e. The Morgan fingerprint density at radius 2 is 1.56 bits per heavy atom. The van der Waals surface area contributed by atoms with Crippen molar-refractivity contribution in [2.45, 2.75) is 13.0 Å². The lowest BCUT2D eigenvalue weighted by atomic mass is 10.0. The van der Waals surface area contributed by atoms with Gasteiger partial charge in [0, 0.05) is 0 Å². The van der Waals surface area contributed by atoms with Gasteiger partial charge in [-0.3, -0.25) is 14.5 Å². The third kappa shape index (κ3) is 3.92. The second-order valence-corrected chi connectivity index (χ2v) is 7.23. The van der Waals surface area contributed by atoms with Crippen molar-refractivity contribution < 1.29 is 19.1 Å². The normalized spacial score (nSPS) is 14.0. The van der Waals surface area contributed by atoms with Gasteiger partial charge in [-0.2, -0.15) is 5.26 Å². The molecule has 0 bridgehead atoms. The monoisotopic (exact) mass is 422 g/mol. The summed E-state index contributed by atoms with van der Waals surface area (Å²) >= 11 is 0. The van der Waals surface area contributed by atoms with Gasteiger partial charge in [0.2, 0.25) is 0 Å². The molecule has 156 valence electrons. The number of allylic oxidation sites excluding steroid dienone is 1. The fourth-order valence-corrected chi connectivity index (χ4v) is 3.50. The molecule has 3 aromatic carbocycles. The lowest BCUT2D eigenvalue weighted by Gasteiger charge is -2.20. The van der Waals surface area contributed by atoms with Gasteiger partial charge >= 0.3 is 5.97 Å². The van der Waals surface area contributed by atoms with Crippen molar-refractivity contribution in [2.24, 2.45) is 0 Å². The van der Waals surface area contributed by atoms with E-state index in [-0.39, 0.29) is 16.9 Å². The molecule has 1 aliphatic heterocycles. The third-order valence-electron chi connectivity index (χ3n) is 5.15. The van der Waals surface area contributed by atoms with Crippen molar-refractivity contribution >= 4 is 29.4 Å². The average Bonchev–Trinajstić information content (AvgIpc) is 3.08. The van der Waals surface area contributed by atoms with E-state index in [0.29, 0.717) is 11.1 Å². The molecule has 1 atom stereocenters. The summed E-state index contributed by atoms with van der Waals surface area (Å²) in [5.74, 6) is -1.52. The second kappa shape index (κ2) is 8.70. The Hall–Kier alpha value is -4.50. The first kappa shape index (κ1) is 20.8. The zero-order valence-corrected chi connectivity index (χ0v) is 17.2. The van der Waals surface area contributed by atoms with E-state index in [1.54, 1.807) is 54.6 Å². The van der Waals surface area contributed by atoms with E-state index < -0.39 is 23.8 Å². The molecule has 0 spiro atoms. The van der Waals surface area contributed by atoms with Crippen LogP contribution in [0.4, 0.5) is 0 Å². The highest BCUT2D eigenvalue weighted by Crippen LogP contribution is 2.26. The van der Waals surface area contributed by atoms with E-state index in [9.17, 15) is 19.6 Å². The first-order valence-electron chi connectivity index (χ1n) is 9.95. The number of esters is 1. The maximum absolute atomic E-state index is 12.7. The number of rotatable bonds is 5. The molecule has 0 aromatic heterocycles. The second-order valence-electron chi connectivity index (χ2n) is 7.23. The Morgan fingerprint density at radius 3 is 2.19 bits per heavy atom. The molecule has 32 heavy (non-hydrogen) atoms. The van der Waals surface area contributed by atoms with Crippen LogP contribution in [0.25, 0.3) is 11.6 Å². The molecule has 6 heteroatoms. The molecule has 4 rings (SSSR count). The first-order valence-corrected chi connectivity index (χ1v) is 9.95. The number of ether oxygens (including phenoxy) is 1. The topological polar surface area (TPSA) is 87.5 Å². The fraction of sp³-hybridized carbons (Fsp3) is 0.0769.